The van der Waals surface area contributed by atoms with Crippen LogP contribution in [-0.2, 0) is 29.7 Å². The molecule has 1 aliphatic heterocycles. The summed E-state index contributed by atoms with van der Waals surface area (Å²) in [6.45, 7) is 9.32. The first-order chi connectivity index (χ1) is 57.8. The van der Waals surface area contributed by atoms with E-state index in [0.29, 0.717) is 74.7 Å². The Morgan fingerprint density at radius 2 is 1.04 bits per heavy atom. The number of nitrogens with two attached hydrogens (primary N) is 4. The van der Waals surface area contributed by atoms with Crippen molar-refractivity contribution in [3.8, 4) is 44.9 Å². The number of hydrogen-bond acceptors (Lipinski definition) is 13. The van der Waals surface area contributed by atoms with E-state index in [1.807, 2.05) is 256 Å². The number of amides is 6. The van der Waals surface area contributed by atoms with Crippen LogP contribution in [0.2, 0.25) is 0 Å². The molecule has 1 saturated heterocycles. The average Bonchev–Trinajstić information content (AvgIpc) is 1.76. The zero-order valence-electron chi connectivity index (χ0n) is 66.1. The molecule has 0 aliphatic carbocycles. The third kappa shape index (κ3) is 20.3. The molecule has 3 atom stereocenters. The fraction of sp³-hybridized carbons (Fsp3) is 0.133. The molecule has 13 N–H and O–H groups in total. The number of carbonyl (C=O) groups is 5. The van der Waals surface area contributed by atoms with Crippen molar-refractivity contribution in [2.24, 2.45) is 12.8 Å². The number of pyridine rings is 2. The SMILES string of the molecule is C=C1[C@H](CCCCN)NC(=O)N1c1ccc(-c2ccccc2C)cc1.CC(CC(=O)NCc1ccccc1N)NC(=O)c1cc(-c2ccccc2)nc2ccccc12.Cn1c(=O)c(-c2cc(Br)ccc2N)nc2cc3ccccc3cc21.Nc1ccccc1CNC(=O)C(NC(=O)c1cc(-c2ccccc2)nc2ccccc12)c1ccccc1. The van der Waals surface area contributed by atoms with Gasteiger partial charge in [-0.3, -0.25) is 28.9 Å². The molecule has 119 heavy (non-hydrogen) atoms. The summed E-state index contributed by atoms with van der Waals surface area (Å²) >= 11 is 3.43. The fourth-order valence-electron chi connectivity index (χ4n) is 14.2. The van der Waals surface area contributed by atoms with Crippen LogP contribution in [0, 0.1) is 6.92 Å². The predicted octanol–water partition coefficient (Wildman–Crippen LogP) is 17.9. The normalized spacial score (nSPS) is 12.7. The number of aromatic nitrogens is 4. The van der Waals surface area contributed by atoms with Crippen LogP contribution >= 0.6 is 15.9 Å². The highest BCUT2D eigenvalue weighted by Crippen LogP contribution is 2.34. The van der Waals surface area contributed by atoms with E-state index in [9.17, 15) is 28.8 Å². The number of unbranched alkanes of at least 4 members (excludes halogenated alkanes) is 1. The fourth-order valence-corrected chi connectivity index (χ4v) is 14.5. The number of rotatable bonds is 21. The summed E-state index contributed by atoms with van der Waals surface area (Å²) < 4.78 is 2.49. The standard InChI is InChI=1S/C31H26N4O2.C27H26N4O2.C21H25N3O.C19H14BrN3O/c32-26-17-9-7-15-23(26)20-33-31(37)29(22-13-5-2-6-14-22)35-30(36)25-19-28(21-11-3-1-4-12-21)34-27-18-10-8-16-24(25)27;1-18(15-26(32)29-17-20-11-5-7-13-23(20)28)30-27(33)22-16-25(19-9-3-2-4-10-19)31-24-14-8-6-12-21(22)24;1-15-7-3-4-8-19(15)17-10-12-18(13-11-17)24-16(2)20(23-21(24)25)9-5-6-14-22;1-23-17-9-12-5-3-2-4-11(12)8-16(17)22-18(19(23)24)14-10-13(20)6-7-15(14)21/h1-19,29H,20,32H2,(H,33,37)(H,35,36);2-14,16,18H,15,17,28H2,1H3,(H,29,32)(H,30,33);3-4,7-8,10-13,20H,2,5-6,9,14,22H2,1H3,(H,23,25);2-10H,21H2,1H3/t;;20-;/m..0./s1. The van der Waals surface area contributed by atoms with Crippen molar-refractivity contribution in [2.75, 3.05) is 28.6 Å². The molecule has 0 radical (unpaired) electrons. The van der Waals surface area contributed by atoms with Crippen molar-refractivity contribution in [3.05, 3.63) is 364 Å². The van der Waals surface area contributed by atoms with E-state index in [2.05, 4.69) is 85.3 Å². The summed E-state index contributed by atoms with van der Waals surface area (Å²) in [5.74, 6) is -1.09. The number of nitrogen functional groups attached to an aromatic ring is 3. The van der Waals surface area contributed by atoms with Crippen molar-refractivity contribution in [1.82, 2.24) is 46.1 Å². The van der Waals surface area contributed by atoms with Gasteiger partial charge in [0.2, 0.25) is 11.8 Å². The maximum absolute atomic E-state index is 13.7. The minimum Gasteiger partial charge on any atom is -0.398 e. The Labute approximate surface area is 698 Å². The van der Waals surface area contributed by atoms with Gasteiger partial charge in [-0.15, -0.1) is 0 Å². The van der Waals surface area contributed by atoms with E-state index < -0.39 is 6.04 Å². The number of hydrogen-bond donors (Lipinski definition) is 9. The van der Waals surface area contributed by atoms with Gasteiger partial charge in [0, 0.05) is 87.3 Å². The highest BCUT2D eigenvalue weighted by molar-refractivity contribution is 9.10. The lowest BCUT2D eigenvalue weighted by Gasteiger charge is -2.20. The maximum atomic E-state index is 13.7. The van der Waals surface area contributed by atoms with E-state index in [0.717, 1.165) is 101 Å². The highest BCUT2D eigenvalue weighted by Gasteiger charge is 2.34. The van der Waals surface area contributed by atoms with Gasteiger partial charge in [-0.1, -0.05) is 247 Å². The van der Waals surface area contributed by atoms with Gasteiger partial charge in [0.15, 0.2) is 0 Å². The number of nitrogens with zero attached hydrogens (tertiary/aromatic N) is 5. The summed E-state index contributed by atoms with van der Waals surface area (Å²) in [6, 6.07) is 94.5. The number of urea groups is 1. The number of carbonyl (C=O) groups excluding carboxylic acids is 5. The van der Waals surface area contributed by atoms with E-state index in [-0.39, 0.29) is 60.3 Å². The van der Waals surface area contributed by atoms with Gasteiger partial charge in [-0.05, 0) is 163 Å². The molecule has 0 bridgehead atoms. The molecule has 0 spiro atoms. The van der Waals surface area contributed by atoms with Crippen LogP contribution in [-0.4, -0.2) is 67.8 Å². The van der Waals surface area contributed by atoms with Gasteiger partial charge in [-0.25, -0.2) is 19.7 Å². The number of para-hydroxylation sites is 4. The third-order valence-electron chi connectivity index (χ3n) is 20.6. The maximum Gasteiger partial charge on any atom is 0.326 e. The molecular formula is C98H91BrN14O6. The minimum atomic E-state index is -0.897. The Hall–Kier alpha value is -14.4. The molecule has 1 fully saturated rings. The first-order valence-corrected chi connectivity index (χ1v) is 40.0. The molecular weight excluding hydrogens is 1550 g/mol. The zero-order chi connectivity index (χ0) is 83.5. The minimum absolute atomic E-state index is 0.00454. The number of benzene rings is 12. The predicted molar refractivity (Wildman–Crippen MR) is 483 cm³/mol. The van der Waals surface area contributed by atoms with Gasteiger partial charge in [0.25, 0.3) is 17.4 Å². The summed E-state index contributed by atoms with van der Waals surface area (Å²) in [6.07, 6.45) is 2.98. The Morgan fingerprint density at radius 1 is 0.521 bits per heavy atom. The number of fused-ring (bicyclic) bond motifs is 4. The molecule has 4 heterocycles. The molecule has 6 amide bonds. The number of aryl methyl sites for hydroxylation is 2. The summed E-state index contributed by atoms with van der Waals surface area (Å²) in [4.78, 5) is 93.6. The van der Waals surface area contributed by atoms with Crippen molar-refractivity contribution >= 4 is 112 Å². The summed E-state index contributed by atoms with van der Waals surface area (Å²) in [5.41, 5.74) is 41.0. The average molecular weight is 1640 g/mol. The molecule has 21 heteroatoms. The first kappa shape index (κ1) is 82.6. The Balaban J connectivity index is 0.000000139. The number of halogens is 1. The smallest absolute Gasteiger partial charge is 0.326 e. The second kappa shape index (κ2) is 38.8. The van der Waals surface area contributed by atoms with Crippen LogP contribution in [0.25, 0.3) is 88.5 Å². The van der Waals surface area contributed by atoms with Crippen LogP contribution in [0.5, 0.6) is 0 Å². The van der Waals surface area contributed by atoms with Gasteiger partial charge in [-0.2, -0.15) is 0 Å². The largest absolute Gasteiger partial charge is 0.398 e. The molecule has 15 aromatic rings. The van der Waals surface area contributed by atoms with Crippen molar-refractivity contribution in [2.45, 2.75) is 70.7 Å². The first-order valence-electron chi connectivity index (χ1n) is 39.2. The lowest BCUT2D eigenvalue weighted by Crippen LogP contribution is -2.40. The van der Waals surface area contributed by atoms with E-state index in [1.165, 1.54) is 11.1 Å². The monoisotopic (exact) mass is 1640 g/mol. The van der Waals surface area contributed by atoms with E-state index in [4.69, 9.17) is 32.9 Å². The van der Waals surface area contributed by atoms with Crippen molar-refractivity contribution < 1.29 is 24.0 Å². The Morgan fingerprint density at radius 3 is 1.63 bits per heavy atom. The lowest BCUT2D eigenvalue weighted by atomic mass is 10.0. The third-order valence-corrected chi connectivity index (χ3v) is 21.1. The summed E-state index contributed by atoms with van der Waals surface area (Å²) in [5, 5.41) is 18.4. The second-order valence-electron chi connectivity index (χ2n) is 28.9. The lowest BCUT2D eigenvalue weighted by molar-refractivity contribution is -0.123. The molecule has 20 nitrogen and oxygen atoms in total. The van der Waals surface area contributed by atoms with Crippen LogP contribution in [0.1, 0.15) is 81.6 Å². The van der Waals surface area contributed by atoms with E-state index >= 15 is 0 Å². The number of nitrogens with one attached hydrogen (secondary N) is 5. The quantitative estimate of drug-likeness (QED) is 0.0184. The molecule has 12 aromatic carbocycles. The van der Waals surface area contributed by atoms with Gasteiger partial charge in [0.05, 0.1) is 56.3 Å². The Bertz CT molecular complexity index is 6270. The van der Waals surface area contributed by atoms with Gasteiger partial charge < -0.3 is 54.1 Å². The van der Waals surface area contributed by atoms with Gasteiger partial charge in [0.1, 0.15) is 11.7 Å². The molecule has 3 aromatic heterocycles. The molecule has 0 saturated carbocycles. The Kier molecular flexibility index (Phi) is 26.9. The summed E-state index contributed by atoms with van der Waals surface area (Å²) in [7, 11) is 1.76. The second-order valence-corrected chi connectivity index (χ2v) is 29.8. The van der Waals surface area contributed by atoms with Crippen LogP contribution in [0.15, 0.2) is 325 Å². The van der Waals surface area contributed by atoms with Crippen molar-refractivity contribution in [3.63, 3.8) is 0 Å². The highest BCUT2D eigenvalue weighted by atomic mass is 79.9. The van der Waals surface area contributed by atoms with Crippen molar-refractivity contribution in [1.29, 1.82) is 0 Å². The molecule has 596 valence electrons. The van der Waals surface area contributed by atoms with Crippen LogP contribution < -0.4 is 60.0 Å². The molecule has 16 rings (SSSR count). The van der Waals surface area contributed by atoms with Crippen LogP contribution in [0.3, 0.4) is 0 Å². The molecule has 1 aliphatic rings. The zero-order valence-corrected chi connectivity index (χ0v) is 67.7. The van der Waals surface area contributed by atoms with Crippen LogP contribution in [0.4, 0.5) is 27.5 Å². The topological polar surface area (TPSA) is 313 Å². The number of anilines is 4. The van der Waals surface area contributed by atoms with Gasteiger partial charge >= 0.3 is 6.03 Å². The van der Waals surface area contributed by atoms with E-state index in [1.54, 1.807) is 46.8 Å². The molecule has 2 unspecified atom stereocenters.